The second-order valence-corrected chi connectivity index (χ2v) is 11.9. The molecular formula is C35H35N. The Hall–Kier alpha value is -3.32. The van der Waals surface area contributed by atoms with Crippen LogP contribution in [0.25, 0.3) is 22.3 Å². The summed E-state index contributed by atoms with van der Waals surface area (Å²) in [4.78, 5) is 0. The molecule has 0 saturated heterocycles. The molecule has 4 fully saturated rings. The third-order valence-electron chi connectivity index (χ3n) is 9.37. The molecule has 0 aromatic heterocycles. The van der Waals surface area contributed by atoms with E-state index in [1.54, 1.807) is 5.56 Å². The zero-order valence-corrected chi connectivity index (χ0v) is 21.2. The van der Waals surface area contributed by atoms with Crippen LogP contribution in [-0.2, 0) is 5.41 Å². The fourth-order valence-electron chi connectivity index (χ4n) is 7.99. The van der Waals surface area contributed by atoms with Crippen molar-refractivity contribution in [2.75, 3.05) is 5.32 Å². The second-order valence-electron chi connectivity index (χ2n) is 11.9. The lowest BCUT2D eigenvalue weighted by Gasteiger charge is -2.57. The highest BCUT2D eigenvalue weighted by Gasteiger charge is 2.51. The Bertz CT molecular complexity index is 1330. The van der Waals surface area contributed by atoms with Gasteiger partial charge in [0.25, 0.3) is 0 Å². The monoisotopic (exact) mass is 469 g/mol. The zero-order valence-electron chi connectivity index (χ0n) is 21.2. The van der Waals surface area contributed by atoms with Gasteiger partial charge in [-0.1, -0.05) is 78.9 Å². The molecule has 36 heavy (non-hydrogen) atoms. The number of rotatable bonds is 5. The van der Waals surface area contributed by atoms with Crippen LogP contribution in [0, 0.1) is 24.7 Å². The summed E-state index contributed by atoms with van der Waals surface area (Å²) in [7, 11) is 0. The summed E-state index contributed by atoms with van der Waals surface area (Å²) in [5, 5.41) is 3.68. The molecule has 4 saturated carbocycles. The van der Waals surface area contributed by atoms with Crippen LogP contribution < -0.4 is 5.32 Å². The minimum absolute atomic E-state index is 0.468. The highest BCUT2D eigenvalue weighted by atomic mass is 14.9. The molecule has 0 atom stereocenters. The van der Waals surface area contributed by atoms with E-state index in [4.69, 9.17) is 0 Å². The smallest absolute Gasteiger partial charge is 0.0414 e. The van der Waals surface area contributed by atoms with E-state index in [0.717, 1.165) is 23.4 Å². The van der Waals surface area contributed by atoms with Crippen LogP contribution in [-0.4, -0.2) is 0 Å². The van der Waals surface area contributed by atoms with Gasteiger partial charge < -0.3 is 5.32 Å². The molecule has 1 N–H and O–H groups in total. The Balaban J connectivity index is 1.07. The van der Waals surface area contributed by atoms with Crippen molar-refractivity contribution in [1.29, 1.82) is 0 Å². The second kappa shape index (κ2) is 8.66. The highest BCUT2D eigenvalue weighted by Crippen LogP contribution is 2.60. The van der Waals surface area contributed by atoms with E-state index in [1.165, 1.54) is 72.0 Å². The van der Waals surface area contributed by atoms with Gasteiger partial charge >= 0.3 is 0 Å². The Kier molecular flexibility index (Phi) is 5.27. The van der Waals surface area contributed by atoms with Crippen LogP contribution >= 0.6 is 0 Å². The third kappa shape index (κ3) is 3.95. The summed E-state index contributed by atoms with van der Waals surface area (Å²) in [6.45, 7) is 2.27. The molecule has 4 aromatic carbocycles. The number of anilines is 2. The minimum atomic E-state index is 0.468. The fourth-order valence-corrected chi connectivity index (χ4v) is 7.99. The minimum Gasteiger partial charge on any atom is -0.355 e. The molecule has 4 aromatic rings. The molecule has 1 heteroatoms. The topological polar surface area (TPSA) is 12.0 Å². The molecule has 0 spiro atoms. The van der Waals surface area contributed by atoms with Crippen molar-refractivity contribution >= 4 is 11.4 Å². The first-order valence-corrected chi connectivity index (χ1v) is 13.8. The summed E-state index contributed by atoms with van der Waals surface area (Å²) in [6, 6.07) is 35.5. The van der Waals surface area contributed by atoms with Crippen LogP contribution in [0.3, 0.4) is 0 Å². The van der Waals surface area contributed by atoms with Gasteiger partial charge in [-0.15, -0.1) is 0 Å². The molecule has 0 radical (unpaired) electrons. The van der Waals surface area contributed by atoms with E-state index in [2.05, 4.69) is 109 Å². The van der Waals surface area contributed by atoms with E-state index in [-0.39, 0.29) is 0 Å². The predicted octanol–water partition coefficient (Wildman–Crippen LogP) is 9.54. The number of hydrogen-bond donors (Lipinski definition) is 1. The summed E-state index contributed by atoms with van der Waals surface area (Å²) in [6.07, 6.45) is 8.80. The zero-order chi connectivity index (χ0) is 24.1. The van der Waals surface area contributed by atoms with Gasteiger partial charge in [0.05, 0.1) is 0 Å². The normalized spacial score (nSPS) is 26.2. The molecule has 0 aliphatic heterocycles. The van der Waals surface area contributed by atoms with E-state index in [1.807, 2.05) is 0 Å². The van der Waals surface area contributed by atoms with Crippen molar-refractivity contribution in [3.05, 3.63) is 108 Å². The molecule has 4 bridgehead atoms. The maximum atomic E-state index is 3.68. The quantitative estimate of drug-likeness (QED) is 0.307. The van der Waals surface area contributed by atoms with Gasteiger partial charge in [-0.3, -0.25) is 0 Å². The maximum Gasteiger partial charge on any atom is 0.0414 e. The molecule has 1 nitrogen and oxygen atoms in total. The van der Waals surface area contributed by atoms with Gasteiger partial charge in [0.2, 0.25) is 0 Å². The van der Waals surface area contributed by atoms with E-state index >= 15 is 0 Å². The fraction of sp³-hybridized carbons (Fsp3) is 0.314. The lowest BCUT2D eigenvalue weighted by atomic mass is 9.48. The van der Waals surface area contributed by atoms with Crippen LogP contribution in [0.15, 0.2) is 97.1 Å². The van der Waals surface area contributed by atoms with Crippen molar-refractivity contribution in [2.24, 2.45) is 17.8 Å². The molecular weight excluding hydrogens is 434 g/mol. The van der Waals surface area contributed by atoms with Crippen LogP contribution in [0.5, 0.6) is 0 Å². The first kappa shape index (κ1) is 21.9. The van der Waals surface area contributed by atoms with Gasteiger partial charge in [-0.25, -0.2) is 0 Å². The molecule has 180 valence electrons. The van der Waals surface area contributed by atoms with E-state index in [0.29, 0.717) is 5.41 Å². The van der Waals surface area contributed by atoms with Gasteiger partial charge in [0.1, 0.15) is 0 Å². The number of benzene rings is 4. The summed E-state index contributed by atoms with van der Waals surface area (Å²) >= 11 is 0. The maximum absolute atomic E-state index is 3.68. The number of nitrogens with one attached hydrogen (secondary N) is 1. The predicted molar refractivity (Wildman–Crippen MR) is 152 cm³/mol. The van der Waals surface area contributed by atoms with Gasteiger partial charge in [0, 0.05) is 11.4 Å². The molecule has 4 aliphatic carbocycles. The molecule has 0 unspecified atom stereocenters. The average molecular weight is 470 g/mol. The van der Waals surface area contributed by atoms with Gasteiger partial charge in [-0.2, -0.15) is 0 Å². The van der Waals surface area contributed by atoms with E-state index < -0.39 is 0 Å². The largest absolute Gasteiger partial charge is 0.355 e. The molecule has 0 amide bonds. The first-order valence-electron chi connectivity index (χ1n) is 13.8. The Morgan fingerprint density at radius 2 is 1.08 bits per heavy atom. The molecule has 0 heterocycles. The van der Waals surface area contributed by atoms with Crippen molar-refractivity contribution in [1.82, 2.24) is 0 Å². The summed E-state index contributed by atoms with van der Waals surface area (Å²) in [5.74, 6) is 2.97. The number of aryl methyl sites for hydroxylation is 1. The standard InChI is InChI=1S/C35H35N/c1-24-17-32(35-21-25-18-26(22-35)20-27(19-25)23-35)13-16-34(24)36-33-14-11-31(12-15-33)30-9-7-29(8-10-30)28-5-3-2-4-6-28/h2-17,25-27,36H,18-23H2,1H3. The van der Waals surface area contributed by atoms with Crippen molar-refractivity contribution in [2.45, 2.75) is 50.9 Å². The van der Waals surface area contributed by atoms with Crippen LogP contribution in [0.1, 0.15) is 49.7 Å². The van der Waals surface area contributed by atoms with Crippen LogP contribution in [0.4, 0.5) is 11.4 Å². The number of hydrogen-bond acceptors (Lipinski definition) is 1. The Morgan fingerprint density at radius 3 is 1.61 bits per heavy atom. The van der Waals surface area contributed by atoms with Crippen molar-refractivity contribution in [3.8, 4) is 22.3 Å². The van der Waals surface area contributed by atoms with Crippen LogP contribution in [0.2, 0.25) is 0 Å². The molecule has 8 rings (SSSR count). The van der Waals surface area contributed by atoms with Gasteiger partial charge in [0.15, 0.2) is 0 Å². The van der Waals surface area contributed by atoms with Crippen molar-refractivity contribution < 1.29 is 0 Å². The highest BCUT2D eigenvalue weighted by molar-refractivity contribution is 5.72. The lowest BCUT2D eigenvalue weighted by molar-refractivity contribution is -0.00520. The average Bonchev–Trinajstić information content (AvgIpc) is 2.90. The summed E-state index contributed by atoms with van der Waals surface area (Å²) in [5.41, 5.74) is 10.8. The summed E-state index contributed by atoms with van der Waals surface area (Å²) < 4.78 is 0. The Morgan fingerprint density at radius 1 is 0.583 bits per heavy atom. The van der Waals surface area contributed by atoms with Crippen molar-refractivity contribution in [3.63, 3.8) is 0 Å². The third-order valence-corrected chi connectivity index (χ3v) is 9.37. The lowest BCUT2D eigenvalue weighted by Crippen LogP contribution is -2.48. The van der Waals surface area contributed by atoms with Gasteiger partial charge in [-0.05, 0) is 120 Å². The first-order chi connectivity index (χ1) is 17.6. The SMILES string of the molecule is Cc1cc(C23CC4CC(CC(C4)C2)C3)ccc1Nc1ccc(-c2ccc(-c3ccccc3)cc2)cc1. The van der Waals surface area contributed by atoms with E-state index in [9.17, 15) is 0 Å². The Labute approximate surface area is 215 Å². The molecule has 4 aliphatic rings.